The maximum Gasteiger partial charge on any atom is 0.277 e. The summed E-state index contributed by atoms with van der Waals surface area (Å²) in [5.41, 5.74) is -1.17. The molecule has 0 spiro atoms. The van der Waals surface area contributed by atoms with E-state index >= 15 is 0 Å². The second-order valence-corrected chi connectivity index (χ2v) is 4.08. The van der Waals surface area contributed by atoms with Crippen molar-refractivity contribution in [2.24, 2.45) is 0 Å². The zero-order valence-electron chi connectivity index (χ0n) is 10.9. The first kappa shape index (κ1) is 15.5. The third-order valence-electron chi connectivity index (χ3n) is 2.38. The first-order chi connectivity index (χ1) is 9.35. The van der Waals surface area contributed by atoms with Crippen molar-refractivity contribution in [3.05, 3.63) is 44.0 Å². The van der Waals surface area contributed by atoms with E-state index in [-0.39, 0.29) is 18.2 Å². The molecule has 1 aromatic rings. The zero-order chi connectivity index (χ0) is 15.3. The van der Waals surface area contributed by atoms with E-state index in [4.69, 9.17) is 4.74 Å². The molecule has 9 nitrogen and oxygen atoms in total. The van der Waals surface area contributed by atoms with Gasteiger partial charge in [0.25, 0.3) is 17.3 Å². The van der Waals surface area contributed by atoms with Gasteiger partial charge in [-0.3, -0.25) is 25.0 Å². The van der Waals surface area contributed by atoms with Crippen molar-refractivity contribution < 1.29 is 19.4 Å². The van der Waals surface area contributed by atoms with Crippen LogP contribution in [0.2, 0.25) is 0 Å². The van der Waals surface area contributed by atoms with E-state index in [1.807, 2.05) is 0 Å². The van der Waals surface area contributed by atoms with Gasteiger partial charge in [-0.1, -0.05) is 0 Å². The van der Waals surface area contributed by atoms with Gasteiger partial charge in [0.05, 0.1) is 28.1 Å². The number of nitrogens with zero attached hydrogens (tertiary/aromatic N) is 2. The first-order valence-corrected chi connectivity index (χ1v) is 5.58. The van der Waals surface area contributed by atoms with Gasteiger partial charge in [-0.25, -0.2) is 0 Å². The average Bonchev–Trinajstić information content (AvgIpc) is 2.38. The number of nitro groups is 2. The second kappa shape index (κ2) is 6.57. The summed E-state index contributed by atoms with van der Waals surface area (Å²) in [5.74, 6) is -0.638. The Kier molecular flexibility index (Phi) is 5.09. The van der Waals surface area contributed by atoms with Crippen molar-refractivity contribution in [1.82, 2.24) is 5.32 Å². The number of methoxy groups -OCH3 is 1. The molecule has 0 saturated heterocycles. The Morgan fingerprint density at radius 2 is 1.75 bits per heavy atom. The minimum Gasteiger partial charge on any atom is -0.383 e. The predicted octanol–water partition coefficient (Wildman–Crippen LogP) is 1.27. The van der Waals surface area contributed by atoms with Crippen molar-refractivity contribution in [1.29, 1.82) is 0 Å². The van der Waals surface area contributed by atoms with Crippen molar-refractivity contribution in [2.45, 2.75) is 13.0 Å². The number of carbonyl (C=O) groups excluding carboxylic acids is 1. The summed E-state index contributed by atoms with van der Waals surface area (Å²) in [4.78, 5) is 31.7. The lowest BCUT2D eigenvalue weighted by Gasteiger charge is -2.12. The Balaban J connectivity index is 3.07. The van der Waals surface area contributed by atoms with Crippen LogP contribution in [-0.2, 0) is 4.74 Å². The number of hydrogen-bond donors (Lipinski definition) is 1. The molecule has 1 amide bonds. The van der Waals surface area contributed by atoms with E-state index in [0.717, 1.165) is 18.2 Å². The fourth-order valence-corrected chi connectivity index (χ4v) is 1.54. The summed E-state index contributed by atoms with van der Waals surface area (Å²) in [6, 6.07) is 2.45. The van der Waals surface area contributed by atoms with Crippen LogP contribution < -0.4 is 5.32 Å². The third-order valence-corrected chi connectivity index (χ3v) is 2.38. The van der Waals surface area contributed by atoms with Crippen LogP contribution in [0, 0.1) is 20.2 Å². The molecule has 1 N–H and O–H groups in total. The molecule has 0 aliphatic rings. The summed E-state index contributed by atoms with van der Waals surface area (Å²) in [5, 5.41) is 23.9. The number of hydrogen-bond acceptors (Lipinski definition) is 6. The predicted molar refractivity (Wildman–Crippen MR) is 68.6 cm³/mol. The molecule has 108 valence electrons. The highest BCUT2D eigenvalue weighted by Crippen LogP contribution is 2.22. The maximum atomic E-state index is 11.9. The molecule has 0 saturated carbocycles. The van der Waals surface area contributed by atoms with Crippen molar-refractivity contribution in [3.8, 4) is 0 Å². The molecule has 1 atom stereocenters. The zero-order valence-corrected chi connectivity index (χ0v) is 10.9. The van der Waals surface area contributed by atoms with Crippen LogP contribution in [-0.4, -0.2) is 35.5 Å². The topological polar surface area (TPSA) is 125 Å². The average molecular weight is 283 g/mol. The number of carbonyl (C=O) groups is 1. The van der Waals surface area contributed by atoms with Crippen LogP contribution in [0.5, 0.6) is 0 Å². The number of non-ortho nitro benzene ring substituents is 2. The normalized spacial score (nSPS) is 11.7. The first-order valence-electron chi connectivity index (χ1n) is 5.58. The molecule has 0 fully saturated rings. The highest BCUT2D eigenvalue weighted by Gasteiger charge is 2.20. The molecular weight excluding hydrogens is 270 g/mol. The highest BCUT2D eigenvalue weighted by molar-refractivity contribution is 5.95. The molecular formula is C11H13N3O6. The van der Waals surface area contributed by atoms with Crippen LogP contribution in [0.15, 0.2) is 18.2 Å². The van der Waals surface area contributed by atoms with Gasteiger partial charge in [-0.05, 0) is 6.92 Å². The minimum absolute atomic E-state index is 0.145. The Bertz CT molecular complexity index is 513. The van der Waals surface area contributed by atoms with Gasteiger partial charge in [0, 0.05) is 25.3 Å². The quantitative estimate of drug-likeness (QED) is 0.619. The summed E-state index contributed by atoms with van der Waals surface area (Å²) < 4.78 is 4.83. The lowest BCUT2D eigenvalue weighted by molar-refractivity contribution is -0.394. The summed E-state index contributed by atoms with van der Waals surface area (Å²) >= 11 is 0. The summed E-state index contributed by atoms with van der Waals surface area (Å²) in [6.07, 6.45) is 0. The number of rotatable bonds is 6. The monoisotopic (exact) mass is 283 g/mol. The Labute approximate surface area is 113 Å². The number of ether oxygens (including phenoxy) is 1. The van der Waals surface area contributed by atoms with Crippen LogP contribution >= 0.6 is 0 Å². The van der Waals surface area contributed by atoms with Crippen LogP contribution in [0.1, 0.15) is 17.3 Å². The Morgan fingerprint density at radius 3 is 2.15 bits per heavy atom. The summed E-state index contributed by atoms with van der Waals surface area (Å²) in [7, 11) is 1.46. The molecule has 0 aromatic heterocycles. The highest BCUT2D eigenvalue weighted by atomic mass is 16.6. The van der Waals surface area contributed by atoms with Crippen molar-refractivity contribution in [3.63, 3.8) is 0 Å². The lowest BCUT2D eigenvalue weighted by atomic mass is 10.1. The van der Waals surface area contributed by atoms with E-state index in [0.29, 0.717) is 0 Å². The van der Waals surface area contributed by atoms with Gasteiger partial charge in [-0.15, -0.1) is 0 Å². The number of benzene rings is 1. The van der Waals surface area contributed by atoms with Gasteiger partial charge in [0.15, 0.2) is 0 Å². The van der Waals surface area contributed by atoms with Gasteiger partial charge < -0.3 is 10.1 Å². The third kappa shape index (κ3) is 3.99. The number of amides is 1. The number of nitrogens with one attached hydrogen (secondary N) is 1. The van der Waals surface area contributed by atoms with Crippen LogP contribution in [0.4, 0.5) is 11.4 Å². The van der Waals surface area contributed by atoms with Crippen LogP contribution in [0.3, 0.4) is 0 Å². The van der Waals surface area contributed by atoms with Gasteiger partial charge >= 0.3 is 0 Å². The molecule has 1 aromatic carbocycles. The lowest BCUT2D eigenvalue weighted by Crippen LogP contribution is -2.35. The molecule has 0 aliphatic carbocycles. The standard InChI is InChI=1S/C11H13N3O6/c1-7(6-20-2)12-11(15)8-3-9(13(16)17)5-10(4-8)14(18)19/h3-5,7H,6H2,1-2H3,(H,12,15). The SMILES string of the molecule is COCC(C)NC(=O)c1cc([N+](=O)[O-])cc([N+](=O)[O-])c1. The largest absolute Gasteiger partial charge is 0.383 e. The van der Waals surface area contributed by atoms with E-state index in [2.05, 4.69) is 5.32 Å². The minimum atomic E-state index is -0.789. The fourth-order valence-electron chi connectivity index (χ4n) is 1.54. The van der Waals surface area contributed by atoms with E-state index in [1.165, 1.54) is 7.11 Å². The van der Waals surface area contributed by atoms with E-state index in [9.17, 15) is 25.0 Å². The molecule has 1 rings (SSSR count). The van der Waals surface area contributed by atoms with Crippen LogP contribution in [0.25, 0.3) is 0 Å². The Hall–Kier alpha value is -2.55. The van der Waals surface area contributed by atoms with Crippen molar-refractivity contribution in [2.75, 3.05) is 13.7 Å². The molecule has 0 radical (unpaired) electrons. The molecule has 0 bridgehead atoms. The van der Waals surface area contributed by atoms with Gasteiger partial charge in [-0.2, -0.15) is 0 Å². The molecule has 0 heterocycles. The van der Waals surface area contributed by atoms with Gasteiger partial charge in [0.1, 0.15) is 0 Å². The summed E-state index contributed by atoms with van der Waals surface area (Å²) in [6.45, 7) is 1.93. The fraction of sp³-hybridized carbons (Fsp3) is 0.364. The number of nitro benzene ring substituents is 2. The Morgan fingerprint density at radius 1 is 1.25 bits per heavy atom. The molecule has 1 unspecified atom stereocenters. The maximum absolute atomic E-state index is 11.9. The molecule has 20 heavy (non-hydrogen) atoms. The van der Waals surface area contributed by atoms with Crippen molar-refractivity contribution >= 4 is 17.3 Å². The van der Waals surface area contributed by atoms with Gasteiger partial charge in [0.2, 0.25) is 0 Å². The second-order valence-electron chi connectivity index (χ2n) is 4.08. The van der Waals surface area contributed by atoms with E-state index < -0.39 is 27.1 Å². The molecule has 0 aliphatic heterocycles. The molecule has 9 heteroatoms. The smallest absolute Gasteiger partial charge is 0.277 e. The van der Waals surface area contributed by atoms with E-state index in [1.54, 1.807) is 6.92 Å².